The Morgan fingerprint density at radius 3 is 1.92 bits per heavy atom. The van der Waals surface area contributed by atoms with Gasteiger partial charge in [0.05, 0.1) is 6.04 Å². The first-order valence-electron chi connectivity index (χ1n) is 12.3. The third-order valence-corrected chi connectivity index (χ3v) is 9.47. The number of likely N-dealkylation sites (tertiary alicyclic amines) is 1. The molecule has 0 spiro atoms. The van der Waals surface area contributed by atoms with Crippen molar-refractivity contribution in [1.29, 1.82) is 0 Å². The third kappa shape index (κ3) is 6.23. The number of hydrogen-bond acceptors (Lipinski definition) is 5. The van der Waals surface area contributed by atoms with Crippen LogP contribution in [0.15, 0.2) is 60.7 Å². The Morgan fingerprint density at radius 1 is 1.00 bits per heavy atom. The fraction of sp³-hybridized carbons (Fsp3) is 0.444. The third-order valence-electron chi connectivity index (χ3n) is 6.52. The molecule has 0 aromatic heterocycles. The molecule has 0 radical (unpaired) electrons. The van der Waals surface area contributed by atoms with Crippen molar-refractivity contribution in [1.82, 2.24) is 9.57 Å². The average molecular weight is 514 g/mol. The van der Waals surface area contributed by atoms with Crippen LogP contribution in [0.3, 0.4) is 0 Å². The first kappa shape index (κ1) is 27.6. The number of benzene rings is 2. The van der Waals surface area contributed by atoms with Gasteiger partial charge in [0, 0.05) is 18.9 Å². The van der Waals surface area contributed by atoms with E-state index in [-0.39, 0.29) is 18.2 Å². The lowest BCUT2D eigenvalue weighted by Gasteiger charge is -2.41. The van der Waals surface area contributed by atoms with E-state index in [0.29, 0.717) is 19.4 Å². The number of carboxylic acid groups (broad SMARTS) is 1. The molecule has 8 nitrogen and oxygen atoms in total. The summed E-state index contributed by atoms with van der Waals surface area (Å²) in [4.78, 5) is 41.0. The minimum atomic E-state index is -3.69. The van der Waals surface area contributed by atoms with Crippen LogP contribution in [-0.2, 0) is 31.3 Å². The van der Waals surface area contributed by atoms with Crippen molar-refractivity contribution >= 4 is 25.1 Å². The molecule has 1 aliphatic rings. The molecule has 194 valence electrons. The monoisotopic (exact) mass is 513 g/mol. The van der Waals surface area contributed by atoms with Crippen LogP contribution in [0, 0.1) is 5.92 Å². The molecular weight excluding hydrogens is 477 g/mol. The Labute approximate surface area is 212 Å². The highest BCUT2D eigenvalue weighted by Gasteiger charge is 2.48. The molecule has 36 heavy (non-hydrogen) atoms. The summed E-state index contributed by atoms with van der Waals surface area (Å²) in [5.74, 6) is -2.69. The molecule has 3 atom stereocenters. The predicted molar refractivity (Wildman–Crippen MR) is 139 cm³/mol. The van der Waals surface area contributed by atoms with Gasteiger partial charge in [0.15, 0.2) is 7.29 Å². The lowest BCUT2D eigenvalue weighted by atomic mass is 10.0. The Balaban J connectivity index is 2.15. The van der Waals surface area contributed by atoms with Gasteiger partial charge >= 0.3 is 5.97 Å². The Kier molecular flexibility index (Phi) is 9.09. The first-order chi connectivity index (χ1) is 17.0. The van der Waals surface area contributed by atoms with Crippen LogP contribution in [0.4, 0.5) is 0 Å². The summed E-state index contributed by atoms with van der Waals surface area (Å²) in [6, 6.07) is 15.3. The molecule has 0 aliphatic carbocycles. The van der Waals surface area contributed by atoms with E-state index in [9.17, 15) is 19.5 Å². The van der Waals surface area contributed by atoms with Crippen molar-refractivity contribution in [3.05, 3.63) is 71.8 Å². The van der Waals surface area contributed by atoms with E-state index < -0.39 is 43.2 Å². The number of carboxylic acids is 1. The van der Waals surface area contributed by atoms with E-state index in [2.05, 4.69) is 0 Å². The molecular formula is C27H36N3O5P. The summed E-state index contributed by atoms with van der Waals surface area (Å²) in [6.07, 6.45) is 1.01. The number of nitrogens with zero attached hydrogens (tertiary/aromatic N) is 2. The summed E-state index contributed by atoms with van der Waals surface area (Å²) < 4.78 is 16.2. The van der Waals surface area contributed by atoms with Crippen LogP contribution in [0.5, 0.6) is 0 Å². The van der Waals surface area contributed by atoms with Gasteiger partial charge in [0.1, 0.15) is 12.1 Å². The van der Waals surface area contributed by atoms with Gasteiger partial charge in [-0.25, -0.2) is 4.79 Å². The number of aliphatic carboxylic acids is 1. The fourth-order valence-electron chi connectivity index (χ4n) is 4.86. The van der Waals surface area contributed by atoms with Gasteiger partial charge in [-0.15, -0.1) is 0 Å². The average Bonchev–Trinajstić information content (AvgIpc) is 3.32. The molecule has 0 unspecified atom stereocenters. The molecule has 2 aromatic rings. The molecule has 9 heteroatoms. The normalized spacial score (nSPS) is 17.6. The number of carbonyl (C=O) groups excluding carboxylic acids is 2. The van der Waals surface area contributed by atoms with Gasteiger partial charge in [0.2, 0.25) is 5.91 Å². The molecule has 1 aliphatic heterocycles. The van der Waals surface area contributed by atoms with Gasteiger partial charge in [-0.2, -0.15) is 0 Å². The van der Waals surface area contributed by atoms with Gasteiger partial charge in [-0.3, -0.25) is 18.8 Å². The molecule has 0 bridgehead atoms. The number of hydrogen-bond donors (Lipinski definition) is 2. The second-order valence-electron chi connectivity index (χ2n) is 9.82. The van der Waals surface area contributed by atoms with Crippen molar-refractivity contribution in [2.24, 2.45) is 11.7 Å². The maximum absolute atomic E-state index is 15.0. The molecule has 1 fully saturated rings. The summed E-state index contributed by atoms with van der Waals surface area (Å²) in [6.45, 7) is 5.32. The van der Waals surface area contributed by atoms with Crippen molar-refractivity contribution < 1.29 is 24.1 Å². The number of carbonyl (C=O) groups is 3. The molecule has 2 aromatic carbocycles. The largest absolute Gasteiger partial charge is 0.480 e. The predicted octanol–water partition coefficient (Wildman–Crippen LogP) is 3.94. The van der Waals surface area contributed by atoms with Crippen LogP contribution in [0.1, 0.15) is 44.7 Å². The molecule has 3 rings (SSSR count). The highest BCUT2D eigenvalue weighted by molar-refractivity contribution is 7.60. The quantitative estimate of drug-likeness (QED) is 0.464. The van der Waals surface area contributed by atoms with Gasteiger partial charge in [0.25, 0.3) is 5.91 Å². The summed E-state index contributed by atoms with van der Waals surface area (Å²) in [5, 5.41) is 10.2. The van der Waals surface area contributed by atoms with Crippen LogP contribution in [0.2, 0.25) is 0 Å². The number of rotatable bonds is 10. The lowest BCUT2D eigenvalue weighted by molar-refractivity contribution is -0.150. The second-order valence-corrected chi connectivity index (χ2v) is 12.6. The minimum absolute atomic E-state index is 0.0267. The molecule has 0 saturated carbocycles. The van der Waals surface area contributed by atoms with E-state index in [4.69, 9.17) is 5.73 Å². The van der Waals surface area contributed by atoms with Crippen LogP contribution >= 0.6 is 7.29 Å². The lowest BCUT2D eigenvalue weighted by Crippen LogP contribution is -2.55. The zero-order valence-electron chi connectivity index (χ0n) is 21.1. The highest BCUT2D eigenvalue weighted by Crippen LogP contribution is 2.58. The van der Waals surface area contributed by atoms with E-state index >= 15 is 4.57 Å². The topological polar surface area (TPSA) is 121 Å². The fourth-order valence-corrected chi connectivity index (χ4v) is 8.15. The van der Waals surface area contributed by atoms with Crippen molar-refractivity contribution in [3.8, 4) is 0 Å². The maximum atomic E-state index is 15.0. The standard InChI is InChI=1S/C27H36N3O5P/c1-19(2)24(27(33)34)30(26(32)23-15-10-16-29(23)25(31)20(3)28)36(35,17-21-11-6-4-7-12-21)18-22-13-8-5-9-14-22/h4-9,11-14,19-20,23-24H,10,15-18,28H2,1-3H3,(H,33,34)/t20-,23-,24-/m0/s1. The molecule has 2 amide bonds. The van der Waals surface area contributed by atoms with Crippen molar-refractivity contribution in [2.75, 3.05) is 6.54 Å². The first-order valence-corrected chi connectivity index (χ1v) is 14.4. The van der Waals surface area contributed by atoms with Gasteiger partial charge < -0.3 is 15.7 Å². The number of amides is 2. The second kappa shape index (κ2) is 11.8. The van der Waals surface area contributed by atoms with Gasteiger partial charge in [-0.1, -0.05) is 74.5 Å². The zero-order valence-corrected chi connectivity index (χ0v) is 22.0. The minimum Gasteiger partial charge on any atom is -0.480 e. The summed E-state index contributed by atoms with van der Waals surface area (Å²) in [7, 11) is -3.69. The summed E-state index contributed by atoms with van der Waals surface area (Å²) in [5.41, 5.74) is 7.33. The van der Waals surface area contributed by atoms with Gasteiger partial charge in [-0.05, 0) is 36.8 Å². The zero-order chi connectivity index (χ0) is 26.5. The highest BCUT2D eigenvalue weighted by atomic mass is 31.2. The Bertz CT molecular complexity index is 1060. The molecule has 1 heterocycles. The van der Waals surface area contributed by atoms with E-state index in [1.165, 1.54) is 4.90 Å². The van der Waals surface area contributed by atoms with Crippen LogP contribution in [-0.4, -0.2) is 57.1 Å². The van der Waals surface area contributed by atoms with E-state index in [1.807, 2.05) is 60.7 Å². The SMILES string of the molecule is CC(C)[C@@H](C(=O)O)N(C(=O)[C@@H]1CCCN1C(=O)[C@H](C)N)P(=O)(Cc1ccccc1)Cc1ccccc1. The number of nitrogens with two attached hydrogens (primary N) is 1. The molecule has 1 saturated heterocycles. The van der Waals surface area contributed by atoms with Crippen LogP contribution in [0.25, 0.3) is 0 Å². The Morgan fingerprint density at radius 2 is 1.50 bits per heavy atom. The Hall–Kier alpha value is -2.96. The van der Waals surface area contributed by atoms with E-state index in [0.717, 1.165) is 15.8 Å². The summed E-state index contributed by atoms with van der Waals surface area (Å²) >= 11 is 0. The molecule has 3 N–H and O–H groups in total. The van der Waals surface area contributed by atoms with Crippen LogP contribution < -0.4 is 5.73 Å². The van der Waals surface area contributed by atoms with E-state index in [1.54, 1.807) is 20.8 Å². The van der Waals surface area contributed by atoms with Crippen molar-refractivity contribution in [3.63, 3.8) is 0 Å². The maximum Gasteiger partial charge on any atom is 0.327 e. The van der Waals surface area contributed by atoms with Crippen molar-refractivity contribution in [2.45, 2.75) is 64.1 Å². The smallest absolute Gasteiger partial charge is 0.327 e.